The minimum atomic E-state index is -0.258. The zero-order valence-corrected chi connectivity index (χ0v) is 17.8. The first-order chi connectivity index (χ1) is 15.2. The predicted molar refractivity (Wildman–Crippen MR) is 126 cm³/mol. The Kier molecular flexibility index (Phi) is 4.88. The van der Waals surface area contributed by atoms with Crippen molar-refractivity contribution in [2.45, 2.75) is 19.9 Å². The van der Waals surface area contributed by atoms with E-state index in [4.69, 9.17) is 15.7 Å². The molecule has 0 spiro atoms. The first-order valence-corrected chi connectivity index (χ1v) is 11.0. The number of nitrogens with one attached hydrogen (secondary N) is 1. The number of aromatic nitrogens is 3. The highest BCUT2D eigenvalue weighted by Gasteiger charge is 2.24. The van der Waals surface area contributed by atoms with E-state index in [2.05, 4.69) is 24.4 Å². The number of nitrogen functional groups attached to an aromatic ring is 1. The molecule has 0 aliphatic heterocycles. The lowest BCUT2D eigenvalue weighted by molar-refractivity contribution is 0.0953. The summed E-state index contributed by atoms with van der Waals surface area (Å²) in [4.78, 5) is 23.9. The average Bonchev–Trinajstić information content (AvgIpc) is 3.41. The van der Waals surface area contributed by atoms with Crippen molar-refractivity contribution in [3.05, 3.63) is 82.0 Å². The van der Waals surface area contributed by atoms with Gasteiger partial charge in [0.15, 0.2) is 5.65 Å². The summed E-state index contributed by atoms with van der Waals surface area (Å²) in [6.07, 6.45) is 0.899. The largest absolute Gasteiger partial charge is 0.384 e. The van der Waals surface area contributed by atoms with Gasteiger partial charge in [0.2, 0.25) is 0 Å². The third-order valence-corrected chi connectivity index (χ3v) is 6.18. The molecule has 154 valence electrons. The second-order valence-corrected chi connectivity index (χ2v) is 8.30. The van der Waals surface area contributed by atoms with Gasteiger partial charge in [0.1, 0.15) is 16.9 Å². The summed E-state index contributed by atoms with van der Waals surface area (Å²) in [7, 11) is 0. The van der Waals surface area contributed by atoms with Crippen LogP contribution in [0.1, 0.15) is 27.7 Å². The van der Waals surface area contributed by atoms with Crippen molar-refractivity contribution in [1.82, 2.24) is 19.9 Å². The molecule has 2 aromatic carbocycles. The van der Waals surface area contributed by atoms with E-state index in [1.54, 1.807) is 11.3 Å². The molecule has 0 atom stereocenters. The standard InChI is InChI=1S/C24H21N5OS/c1-2-15-7-5-8-16(13-15)29-22(25)20(24(30)26-14-17-9-6-12-31-17)21-23(29)28-19-11-4-3-10-18(19)27-21/h3-13H,2,14,25H2,1H3,(H,26,30). The molecule has 0 saturated heterocycles. The third-order valence-electron chi connectivity index (χ3n) is 5.31. The van der Waals surface area contributed by atoms with Gasteiger partial charge in [0, 0.05) is 10.6 Å². The number of hydrogen-bond acceptors (Lipinski definition) is 5. The number of thiophene rings is 1. The van der Waals surface area contributed by atoms with E-state index in [0.29, 0.717) is 29.1 Å². The molecular weight excluding hydrogens is 406 g/mol. The van der Waals surface area contributed by atoms with Crippen molar-refractivity contribution >= 4 is 45.3 Å². The summed E-state index contributed by atoms with van der Waals surface area (Å²) < 4.78 is 1.83. The van der Waals surface area contributed by atoms with E-state index >= 15 is 0 Å². The monoisotopic (exact) mass is 427 g/mol. The predicted octanol–water partition coefficient (Wildman–Crippen LogP) is 4.71. The van der Waals surface area contributed by atoms with Crippen molar-refractivity contribution < 1.29 is 4.79 Å². The fourth-order valence-corrected chi connectivity index (χ4v) is 4.38. The van der Waals surface area contributed by atoms with Gasteiger partial charge < -0.3 is 11.1 Å². The van der Waals surface area contributed by atoms with Gasteiger partial charge in [-0.15, -0.1) is 11.3 Å². The minimum absolute atomic E-state index is 0.258. The Morgan fingerprint density at radius 1 is 1.06 bits per heavy atom. The minimum Gasteiger partial charge on any atom is -0.384 e. The average molecular weight is 428 g/mol. The van der Waals surface area contributed by atoms with Crippen LogP contribution in [0.4, 0.5) is 5.82 Å². The molecule has 3 heterocycles. The van der Waals surface area contributed by atoms with E-state index in [-0.39, 0.29) is 5.91 Å². The van der Waals surface area contributed by atoms with Crippen LogP contribution in [-0.4, -0.2) is 20.4 Å². The van der Waals surface area contributed by atoms with Crippen molar-refractivity contribution in [2.24, 2.45) is 0 Å². The number of carbonyl (C=O) groups is 1. The van der Waals surface area contributed by atoms with Crippen molar-refractivity contribution in [3.63, 3.8) is 0 Å². The second kappa shape index (κ2) is 7.85. The van der Waals surface area contributed by atoms with Crippen LogP contribution < -0.4 is 11.1 Å². The van der Waals surface area contributed by atoms with Gasteiger partial charge in [-0.1, -0.05) is 37.3 Å². The summed E-state index contributed by atoms with van der Waals surface area (Å²) in [5.74, 6) is 0.0770. The van der Waals surface area contributed by atoms with Crippen molar-refractivity contribution in [3.8, 4) is 5.69 Å². The molecule has 31 heavy (non-hydrogen) atoms. The summed E-state index contributed by atoms with van der Waals surface area (Å²) in [6.45, 7) is 2.54. The van der Waals surface area contributed by atoms with Crippen LogP contribution in [0.25, 0.3) is 27.9 Å². The van der Waals surface area contributed by atoms with Gasteiger partial charge in [-0.3, -0.25) is 9.36 Å². The van der Waals surface area contributed by atoms with Crippen LogP contribution in [-0.2, 0) is 13.0 Å². The van der Waals surface area contributed by atoms with E-state index in [9.17, 15) is 4.79 Å². The number of amides is 1. The SMILES string of the molecule is CCc1cccc(-n2c(N)c(C(=O)NCc3cccs3)c3nc4ccccc4nc32)c1. The van der Waals surface area contributed by atoms with E-state index < -0.39 is 0 Å². The molecule has 0 fully saturated rings. The van der Waals surface area contributed by atoms with Crippen molar-refractivity contribution in [1.29, 1.82) is 0 Å². The van der Waals surface area contributed by atoms with Gasteiger partial charge >= 0.3 is 0 Å². The molecule has 6 nitrogen and oxygen atoms in total. The summed E-state index contributed by atoms with van der Waals surface area (Å²) in [6, 6.07) is 19.7. The maximum Gasteiger partial charge on any atom is 0.257 e. The molecule has 0 saturated carbocycles. The topological polar surface area (TPSA) is 85.8 Å². The molecule has 0 aliphatic carbocycles. The Morgan fingerprint density at radius 2 is 1.87 bits per heavy atom. The molecule has 3 N–H and O–H groups in total. The number of rotatable bonds is 5. The van der Waals surface area contributed by atoms with Crippen LogP contribution in [0.3, 0.4) is 0 Å². The van der Waals surface area contributed by atoms with Crippen molar-refractivity contribution in [2.75, 3.05) is 5.73 Å². The number of benzene rings is 2. The zero-order valence-electron chi connectivity index (χ0n) is 17.0. The second-order valence-electron chi connectivity index (χ2n) is 7.27. The first kappa shape index (κ1) is 19.3. The molecule has 0 bridgehead atoms. The number of hydrogen-bond donors (Lipinski definition) is 2. The molecule has 5 rings (SSSR count). The molecular formula is C24H21N5OS. The lowest BCUT2D eigenvalue weighted by Crippen LogP contribution is -2.23. The molecule has 1 amide bonds. The Hall–Kier alpha value is -3.71. The van der Waals surface area contributed by atoms with E-state index in [0.717, 1.165) is 28.0 Å². The first-order valence-electron chi connectivity index (χ1n) is 10.1. The fraction of sp³-hybridized carbons (Fsp3) is 0.125. The summed E-state index contributed by atoms with van der Waals surface area (Å²) in [5, 5.41) is 4.97. The maximum atomic E-state index is 13.2. The molecule has 0 radical (unpaired) electrons. The number of nitrogens with two attached hydrogens (primary N) is 1. The third kappa shape index (κ3) is 3.43. The van der Waals surface area contributed by atoms with Crippen LogP contribution in [0.2, 0.25) is 0 Å². The number of nitrogens with zero attached hydrogens (tertiary/aromatic N) is 3. The Labute approximate surface area is 183 Å². The maximum absolute atomic E-state index is 13.2. The van der Waals surface area contributed by atoms with Gasteiger partial charge in [-0.05, 0) is 47.7 Å². The summed E-state index contributed by atoms with van der Waals surface area (Å²) in [5.41, 5.74) is 11.5. The number of anilines is 1. The molecule has 7 heteroatoms. The van der Waals surface area contributed by atoms with Crippen LogP contribution in [0, 0.1) is 0 Å². The number of aryl methyl sites for hydroxylation is 1. The molecule has 0 aliphatic rings. The molecule has 5 aromatic rings. The Balaban J connectivity index is 1.71. The Morgan fingerprint density at radius 3 is 2.61 bits per heavy atom. The van der Waals surface area contributed by atoms with E-state index in [1.165, 1.54) is 5.56 Å². The van der Waals surface area contributed by atoms with Gasteiger partial charge in [0.25, 0.3) is 5.91 Å². The molecule has 0 unspecified atom stereocenters. The zero-order chi connectivity index (χ0) is 21.4. The Bertz CT molecular complexity index is 1400. The number of para-hydroxylation sites is 2. The highest BCUT2D eigenvalue weighted by Crippen LogP contribution is 2.31. The normalized spacial score (nSPS) is 11.3. The highest BCUT2D eigenvalue weighted by molar-refractivity contribution is 7.09. The lowest BCUT2D eigenvalue weighted by atomic mass is 10.1. The summed E-state index contributed by atoms with van der Waals surface area (Å²) >= 11 is 1.60. The van der Waals surface area contributed by atoms with Gasteiger partial charge in [0.05, 0.1) is 17.6 Å². The van der Waals surface area contributed by atoms with Gasteiger partial charge in [-0.25, -0.2) is 9.97 Å². The highest BCUT2D eigenvalue weighted by atomic mass is 32.1. The smallest absolute Gasteiger partial charge is 0.257 e. The van der Waals surface area contributed by atoms with Crippen LogP contribution in [0.5, 0.6) is 0 Å². The fourth-order valence-electron chi connectivity index (χ4n) is 3.73. The number of fused-ring (bicyclic) bond motifs is 2. The quantitative estimate of drug-likeness (QED) is 0.425. The van der Waals surface area contributed by atoms with Gasteiger partial charge in [-0.2, -0.15) is 0 Å². The van der Waals surface area contributed by atoms with Crippen LogP contribution >= 0.6 is 11.3 Å². The number of carbonyl (C=O) groups excluding carboxylic acids is 1. The van der Waals surface area contributed by atoms with Crippen LogP contribution in [0.15, 0.2) is 66.0 Å². The van der Waals surface area contributed by atoms with E-state index in [1.807, 2.05) is 58.5 Å². The lowest BCUT2D eigenvalue weighted by Gasteiger charge is -2.09. The molecule has 3 aromatic heterocycles.